The van der Waals surface area contributed by atoms with Gasteiger partial charge in [-0.3, -0.25) is 9.59 Å². The van der Waals surface area contributed by atoms with E-state index in [2.05, 4.69) is 5.32 Å². The molecule has 4 heteroatoms. The van der Waals surface area contributed by atoms with Crippen LogP contribution < -0.4 is 10.1 Å². The fourth-order valence-electron chi connectivity index (χ4n) is 1.49. The largest absolute Gasteiger partial charge is 0.494 e. The van der Waals surface area contributed by atoms with E-state index in [1.807, 2.05) is 6.92 Å². The zero-order chi connectivity index (χ0) is 13.4. The molecule has 1 aromatic rings. The molecule has 1 aromatic carbocycles. The standard InChI is InChI=1S/C14H19NO3/c1-3-15-14(17)5-4-10-18-13-8-6-12(7-9-13)11(2)16/h6-9H,3-5,10H2,1-2H3,(H,15,17). The second-order valence-electron chi connectivity index (χ2n) is 3.99. The van der Waals surface area contributed by atoms with Crippen molar-refractivity contribution in [2.75, 3.05) is 13.2 Å². The van der Waals surface area contributed by atoms with Gasteiger partial charge in [0.15, 0.2) is 5.78 Å². The lowest BCUT2D eigenvalue weighted by atomic mass is 10.1. The summed E-state index contributed by atoms with van der Waals surface area (Å²) < 4.78 is 5.48. The summed E-state index contributed by atoms with van der Waals surface area (Å²) in [6.07, 6.45) is 1.15. The van der Waals surface area contributed by atoms with Crippen molar-refractivity contribution in [1.29, 1.82) is 0 Å². The summed E-state index contributed by atoms with van der Waals surface area (Å²) in [5.41, 5.74) is 0.671. The van der Waals surface area contributed by atoms with Gasteiger partial charge in [0.2, 0.25) is 5.91 Å². The van der Waals surface area contributed by atoms with Crippen LogP contribution in [0.5, 0.6) is 5.75 Å². The minimum Gasteiger partial charge on any atom is -0.494 e. The molecule has 0 unspecified atom stereocenters. The average molecular weight is 249 g/mol. The molecule has 0 aliphatic heterocycles. The summed E-state index contributed by atoms with van der Waals surface area (Å²) >= 11 is 0. The van der Waals surface area contributed by atoms with Gasteiger partial charge in [-0.05, 0) is 44.5 Å². The molecule has 0 fully saturated rings. The molecule has 0 aliphatic carbocycles. The van der Waals surface area contributed by atoms with Gasteiger partial charge < -0.3 is 10.1 Å². The summed E-state index contributed by atoms with van der Waals surface area (Å²) in [7, 11) is 0. The first kappa shape index (κ1) is 14.2. The fraction of sp³-hybridized carbons (Fsp3) is 0.429. The third-order valence-corrected chi connectivity index (χ3v) is 2.45. The zero-order valence-corrected chi connectivity index (χ0v) is 10.9. The van der Waals surface area contributed by atoms with Crippen LogP contribution in [-0.4, -0.2) is 24.8 Å². The van der Waals surface area contributed by atoms with Gasteiger partial charge in [-0.15, -0.1) is 0 Å². The number of nitrogens with one attached hydrogen (secondary N) is 1. The van der Waals surface area contributed by atoms with Gasteiger partial charge in [0.25, 0.3) is 0 Å². The van der Waals surface area contributed by atoms with Gasteiger partial charge in [0.1, 0.15) is 5.75 Å². The van der Waals surface area contributed by atoms with Crippen LogP contribution in [0.15, 0.2) is 24.3 Å². The Hall–Kier alpha value is -1.84. The number of carbonyl (C=O) groups excluding carboxylic acids is 2. The quantitative estimate of drug-likeness (QED) is 0.595. The Kier molecular flexibility index (Phi) is 5.91. The highest BCUT2D eigenvalue weighted by molar-refractivity contribution is 5.94. The predicted octanol–water partition coefficient (Wildman–Crippen LogP) is 2.18. The molecule has 98 valence electrons. The van der Waals surface area contributed by atoms with E-state index >= 15 is 0 Å². The molecule has 0 saturated heterocycles. The van der Waals surface area contributed by atoms with Gasteiger partial charge in [0, 0.05) is 18.5 Å². The molecule has 4 nitrogen and oxygen atoms in total. The monoisotopic (exact) mass is 249 g/mol. The van der Waals surface area contributed by atoms with Gasteiger partial charge >= 0.3 is 0 Å². The minimum absolute atomic E-state index is 0.0396. The Morgan fingerprint density at radius 2 is 1.89 bits per heavy atom. The van der Waals surface area contributed by atoms with Crippen LogP contribution in [0.4, 0.5) is 0 Å². The molecule has 0 saturated carbocycles. The molecule has 1 amide bonds. The van der Waals surface area contributed by atoms with Crippen LogP contribution >= 0.6 is 0 Å². The molecule has 1 N–H and O–H groups in total. The lowest BCUT2D eigenvalue weighted by molar-refractivity contribution is -0.121. The first-order valence-electron chi connectivity index (χ1n) is 6.14. The van der Waals surface area contributed by atoms with E-state index in [-0.39, 0.29) is 11.7 Å². The maximum atomic E-state index is 11.2. The second-order valence-corrected chi connectivity index (χ2v) is 3.99. The topological polar surface area (TPSA) is 55.4 Å². The summed E-state index contributed by atoms with van der Waals surface area (Å²) in [6.45, 7) is 4.58. The van der Waals surface area contributed by atoms with Crippen LogP contribution in [0.1, 0.15) is 37.0 Å². The van der Waals surface area contributed by atoms with Crippen LogP contribution in [0, 0.1) is 0 Å². The van der Waals surface area contributed by atoms with Crippen molar-refractivity contribution in [3.63, 3.8) is 0 Å². The number of ether oxygens (including phenoxy) is 1. The highest BCUT2D eigenvalue weighted by Crippen LogP contribution is 2.12. The van der Waals surface area contributed by atoms with E-state index in [1.165, 1.54) is 6.92 Å². The van der Waals surface area contributed by atoms with Crippen LogP contribution in [0.2, 0.25) is 0 Å². The Balaban J connectivity index is 2.27. The number of ketones is 1. The first-order valence-corrected chi connectivity index (χ1v) is 6.14. The van der Waals surface area contributed by atoms with E-state index < -0.39 is 0 Å². The summed E-state index contributed by atoms with van der Waals surface area (Å²) in [6, 6.07) is 7.01. The van der Waals surface area contributed by atoms with Crippen molar-refractivity contribution >= 4 is 11.7 Å². The molecule has 0 radical (unpaired) electrons. The predicted molar refractivity (Wildman–Crippen MR) is 69.9 cm³/mol. The Morgan fingerprint density at radius 1 is 1.22 bits per heavy atom. The lowest BCUT2D eigenvalue weighted by Crippen LogP contribution is -2.22. The number of hydrogen-bond donors (Lipinski definition) is 1. The molecule has 0 spiro atoms. The zero-order valence-electron chi connectivity index (χ0n) is 10.9. The van der Waals surface area contributed by atoms with Gasteiger partial charge in [-0.1, -0.05) is 0 Å². The summed E-state index contributed by atoms with van der Waals surface area (Å²) in [5.74, 6) is 0.807. The molecule has 0 heterocycles. The molecule has 18 heavy (non-hydrogen) atoms. The summed E-state index contributed by atoms with van der Waals surface area (Å²) in [4.78, 5) is 22.2. The third-order valence-electron chi connectivity index (χ3n) is 2.45. The molecule has 0 aromatic heterocycles. The average Bonchev–Trinajstić information content (AvgIpc) is 2.35. The SMILES string of the molecule is CCNC(=O)CCCOc1ccc(C(C)=O)cc1. The van der Waals surface area contributed by atoms with Crippen LogP contribution in [0.25, 0.3) is 0 Å². The number of Topliss-reactive ketones (excluding diaryl/α,β-unsaturated/α-hetero) is 1. The van der Waals surface area contributed by atoms with Crippen molar-refractivity contribution < 1.29 is 14.3 Å². The van der Waals surface area contributed by atoms with Crippen LogP contribution in [0.3, 0.4) is 0 Å². The lowest BCUT2D eigenvalue weighted by Gasteiger charge is -2.06. The molecule has 1 rings (SSSR count). The molecular formula is C14H19NO3. The van der Waals surface area contributed by atoms with Crippen molar-refractivity contribution in [3.05, 3.63) is 29.8 Å². The number of rotatable bonds is 7. The Labute approximate surface area is 107 Å². The first-order chi connectivity index (χ1) is 8.63. The molecular weight excluding hydrogens is 230 g/mol. The highest BCUT2D eigenvalue weighted by Gasteiger charge is 2.01. The van der Waals surface area contributed by atoms with Crippen molar-refractivity contribution in [3.8, 4) is 5.75 Å². The number of benzene rings is 1. The van der Waals surface area contributed by atoms with E-state index in [0.29, 0.717) is 31.6 Å². The number of carbonyl (C=O) groups is 2. The van der Waals surface area contributed by atoms with E-state index in [0.717, 1.165) is 5.75 Å². The maximum absolute atomic E-state index is 11.2. The second kappa shape index (κ2) is 7.48. The van der Waals surface area contributed by atoms with Crippen molar-refractivity contribution in [2.24, 2.45) is 0 Å². The van der Waals surface area contributed by atoms with E-state index in [1.54, 1.807) is 24.3 Å². The van der Waals surface area contributed by atoms with E-state index in [9.17, 15) is 9.59 Å². The minimum atomic E-state index is 0.0396. The number of hydrogen-bond acceptors (Lipinski definition) is 3. The molecule has 0 aliphatic rings. The van der Waals surface area contributed by atoms with Crippen LogP contribution in [-0.2, 0) is 4.79 Å². The fourth-order valence-corrected chi connectivity index (χ4v) is 1.49. The highest BCUT2D eigenvalue weighted by atomic mass is 16.5. The Morgan fingerprint density at radius 3 is 2.44 bits per heavy atom. The number of amides is 1. The van der Waals surface area contributed by atoms with Gasteiger partial charge in [0.05, 0.1) is 6.61 Å². The normalized spacial score (nSPS) is 9.89. The van der Waals surface area contributed by atoms with Crippen molar-refractivity contribution in [1.82, 2.24) is 5.32 Å². The summed E-state index contributed by atoms with van der Waals surface area (Å²) in [5, 5.41) is 2.73. The van der Waals surface area contributed by atoms with E-state index in [4.69, 9.17) is 4.74 Å². The smallest absolute Gasteiger partial charge is 0.220 e. The third kappa shape index (κ3) is 4.99. The Bertz CT molecular complexity index is 398. The van der Waals surface area contributed by atoms with Crippen molar-refractivity contribution in [2.45, 2.75) is 26.7 Å². The van der Waals surface area contributed by atoms with Gasteiger partial charge in [-0.2, -0.15) is 0 Å². The van der Waals surface area contributed by atoms with Gasteiger partial charge in [-0.25, -0.2) is 0 Å². The molecule has 0 atom stereocenters. The molecule has 0 bridgehead atoms. The maximum Gasteiger partial charge on any atom is 0.220 e.